The first kappa shape index (κ1) is 13.7. The van der Waals surface area contributed by atoms with Crippen molar-refractivity contribution in [3.05, 3.63) is 11.8 Å². The first-order valence-electron chi connectivity index (χ1n) is 4.21. The molecule has 1 N–H and O–H groups in total. The maximum atomic E-state index is 11.2. The minimum atomic E-state index is -0.596. The molecule has 4 nitrogen and oxygen atoms in total. The first-order valence-corrected chi connectivity index (χ1v) is 4.21. The average Bonchev–Trinajstić information content (AvgIpc) is 2.03. The Balaban J connectivity index is 0. The summed E-state index contributed by atoms with van der Waals surface area (Å²) < 4.78 is 4.73. The van der Waals surface area contributed by atoms with Gasteiger partial charge in [0.1, 0.15) is 5.78 Å². The summed E-state index contributed by atoms with van der Waals surface area (Å²) in [6, 6.07) is 0. The molecule has 0 fully saturated rings. The molecular formula is C9H13NaO4. The van der Waals surface area contributed by atoms with Gasteiger partial charge in [-0.05, 0) is 13.0 Å². The number of aliphatic hydroxyl groups is 1. The number of carbonyl (C=O) groups is 2. The molecule has 1 aliphatic rings. The van der Waals surface area contributed by atoms with Crippen molar-refractivity contribution in [1.82, 2.24) is 0 Å². The Labute approximate surface area is 106 Å². The molecule has 0 aromatic carbocycles. The van der Waals surface area contributed by atoms with Crippen molar-refractivity contribution >= 4 is 11.8 Å². The molecule has 0 aromatic rings. The molecule has 14 heavy (non-hydrogen) atoms. The van der Waals surface area contributed by atoms with Crippen LogP contribution in [-0.4, -0.2) is 23.5 Å². The van der Waals surface area contributed by atoms with E-state index in [1.807, 2.05) is 0 Å². The number of aliphatic hydroxyl groups excluding tert-OH is 1. The maximum absolute atomic E-state index is 11.2. The van der Waals surface area contributed by atoms with E-state index in [-0.39, 0.29) is 62.0 Å². The van der Waals surface area contributed by atoms with Gasteiger partial charge in [0.25, 0.3) is 0 Å². The molecule has 0 aromatic heterocycles. The molecule has 0 aliphatic heterocycles. The van der Waals surface area contributed by atoms with Gasteiger partial charge in [-0.3, -0.25) is 9.59 Å². The van der Waals surface area contributed by atoms with Crippen molar-refractivity contribution in [2.24, 2.45) is 5.92 Å². The number of allylic oxidation sites excluding steroid dienone is 1. The van der Waals surface area contributed by atoms with Crippen molar-refractivity contribution in [3.8, 4) is 0 Å². The topological polar surface area (TPSA) is 63.6 Å². The second-order valence-corrected chi connectivity index (χ2v) is 2.94. The van der Waals surface area contributed by atoms with Crippen LogP contribution in [0.4, 0.5) is 0 Å². The maximum Gasteiger partial charge on any atom is 1.00 e. The van der Waals surface area contributed by atoms with E-state index in [0.717, 1.165) is 0 Å². The van der Waals surface area contributed by atoms with Crippen molar-refractivity contribution in [1.29, 1.82) is 0 Å². The summed E-state index contributed by atoms with van der Waals surface area (Å²) in [5, 5.41) is 9.10. The van der Waals surface area contributed by atoms with Crippen LogP contribution < -0.4 is 29.6 Å². The van der Waals surface area contributed by atoms with Crippen LogP contribution in [-0.2, 0) is 14.3 Å². The zero-order valence-electron chi connectivity index (χ0n) is 9.45. The van der Waals surface area contributed by atoms with E-state index in [1.165, 1.54) is 6.08 Å². The molecule has 1 aliphatic carbocycles. The van der Waals surface area contributed by atoms with Crippen LogP contribution in [0.3, 0.4) is 0 Å². The van der Waals surface area contributed by atoms with Gasteiger partial charge in [-0.2, -0.15) is 0 Å². The van der Waals surface area contributed by atoms with Gasteiger partial charge in [0.15, 0.2) is 0 Å². The van der Waals surface area contributed by atoms with Crippen molar-refractivity contribution < 1.29 is 50.4 Å². The number of esters is 1. The monoisotopic (exact) mass is 208 g/mol. The van der Waals surface area contributed by atoms with Crippen molar-refractivity contribution in [3.63, 3.8) is 0 Å². The van der Waals surface area contributed by atoms with Crippen LogP contribution in [0, 0.1) is 5.92 Å². The van der Waals surface area contributed by atoms with E-state index in [0.29, 0.717) is 0 Å². The second kappa shape index (κ2) is 6.22. The summed E-state index contributed by atoms with van der Waals surface area (Å²) >= 11 is 0. The Kier molecular flexibility index (Phi) is 6.08. The molecule has 74 valence electrons. The zero-order valence-corrected chi connectivity index (χ0v) is 10.4. The van der Waals surface area contributed by atoms with Gasteiger partial charge < -0.3 is 11.3 Å². The van der Waals surface area contributed by atoms with E-state index >= 15 is 0 Å². The van der Waals surface area contributed by atoms with Crippen LogP contribution in [0.5, 0.6) is 0 Å². The number of ether oxygens (including phenoxy) is 1. The molecule has 0 saturated carbocycles. The number of hydrogen-bond donors (Lipinski definition) is 1. The number of rotatable bonds is 2. The Hall–Kier alpha value is -0.320. The normalized spacial score (nSPS) is 20.8. The third-order valence-corrected chi connectivity index (χ3v) is 1.81. The van der Waals surface area contributed by atoms with E-state index in [4.69, 9.17) is 9.84 Å². The third-order valence-electron chi connectivity index (χ3n) is 1.81. The van der Waals surface area contributed by atoms with Gasteiger partial charge in [-0.25, -0.2) is 0 Å². The quantitative estimate of drug-likeness (QED) is 0.425. The fourth-order valence-electron chi connectivity index (χ4n) is 1.27. The van der Waals surface area contributed by atoms with Gasteiger partial charge in [0.2, 0.25) is 0 Å². The molecule has 0 spiro atoms. The van der Waals surface area contributed by atoms with Crippen LogP contribution in [0.15, 0.2) is 11.8 Å². The van der Waals surface area contributed by atoms with E-state index in [9.17, 15) is 9.59 Å². The predicted molar refractivity (Wildman–Crippen MR) is 46.2 cm³/mol. The van der Waals surface area contributed by atoms with Crippen LogP contribution in [0.25, 0.3) is 0 Å². The summed E-state index contributed by atoms with van der Waals surface area (Å²) in [5.41, 5.74) is 0. The molecule has 0 amide bonds. The SMILES string of the molecule is CCOC(=O)C1C=C(O)CC(=O)C1.[H-].[Na+]. The Bertz CT molecular complexity index is 265. The van der Waals surface area contributed by atoms with Crippen LogP contribution in [0.1, 0.15) is 21.2 Å². The molecule has 1 atom stereocenters. The smallest absolute Gasteiger partial charge is 1.00 e. The van der Waals surface area contributed by atoms with E-state index < -0.39 is 11.9 Å². The fraction of sp³-hybridized carbons (Fsp3) is 0.556. The Morgan fingerprint density at radius 1 is 1.79 bits per heavy atom. The fourth-order valence-corrected chi connectivity index (χ4v) is 1.27. The number of ketones is 1. The zero-order chi connectivity index (χ0) is 9.84. The third kappa shape index (κ3) is 3.82. The van der Waals surface area contributed by atoms with Gasteiger partial charge in [-0.1, -0.05) is 0 Å². The number of hydrogen-bond acceptors (Lipinski definition) is 4. The minimum absolute atomic E-state index is 0. The predicted octanol–water partition coefficient (Wildman–Crippen LogP) is -1.91. The molecular weight excluding hydrogens is 195 g/mol. The first-order chi connectivity index (χ1) is 6.13. The summed E-state index contributed by atoms with van der Waals surface area (Å²) in [6.45, 7) is 1.99. The Morgan fingerprint density at radius 2 is 2.43 bits per heavy atom. The second-order valence-electron chi connectivity index (χ2n) is 2.94. The summed E-state index contributed by atoms with van der Waals surface area (Å²) in [5.74, 6) is -1.20. The van der Waals surface area contributed by atoms with E-state index in [1.54, 1.807) is 6.92 Å². The van der Waals surface area contributed by atoms with Gasteiger partial charge >= 0.3 is 35.5 Å². The van der Waals surface area contributed by atoms with Crippen LogP contribution in [0.2, 0.25) is 0 Å². The largest absolute Gasteiger partial charge is 1.00 e. The average molecular weight is 208 g/mol. The Morgan fingerprint density at radius 3 is 2.93 bits per heavy atom. The number of Topliss-reactive ketones (excluding diaryl/α,β-unsaturated/α-hetero) is 1. The van der Waals surface area contributed by atoms with Gasteiger partial charge in [0.05, 0.1) is 24.7 Å². The molecule has 0 saturated heterocycles. The molecule has 0 radical (unpaired) electrons. The van der Waals surface area contributed by atoms with Crippen molar-refractivity contribution in [2.45, 2.75) is 19.8 Å². The molecule has 1 rings (SSSR count). The van der Waals surface area contributed by atoms with Gasteiger partial charge in [-0.15, -0.1) is 0 Å². The summed E-state index contributed by atoms with van der Waals surface area (Å²) in [4.78, 5) is 22.1. The van der Waals surface area contributed by atoms with E-state index in [2.05, 4.69) is 0 Å². The molecule has 1 unspecified atom stereocenters. The molecule has 5 heteroatoms. The molecule has 0 heterocycles. The van der Waals surface area contributed by atoms with Crippen molar-refractivity contribution in [2.75, 3.05) is 6.61 Å². The minimum Gasteiger partial charge on any atom is -1.00 e. The van der Waals surface area contributed by atoms with Crippen LogP contribution >= 0.6 is 0 Å². The number of carbonyl (C=O) groups excluding carboxylic acids is 2. The standard InChI is InChI=1S/C9H12O4.Na.H/c1-2-13-9(12)6-3-7(10)5-8(11)4-6;;/h3,6,10H,2,4-5H2,1H3;;/q;+1;-1. The summed E-state index contributed by atoms with van der Waals surface area (Å²) in [6.07, 6.45) is 1.57. The molecule has 0 bridgehead atoms. The summed E-state index contributed by atoms with van der Waals surface area (Å²) in [7, 11) is 0. The van der Waals surface area contributed by atoms with Gasteiger partial charge in [0, 0.05) is 6.42 Å².